The summed E-state index contributed by atoms with van der Waals surface area (Å²) in [4.78, 5) is 1.33. The average Bonchev–Trinajstić information content (AvgIpc) is 2.27. The fourth-order valence-corrected chi connectivity index (χ4v) is 2.76. The summed E-state index contributed by atoms with van der Waals surface area (Å²) in [6.07, 6.45) is -4.43. The van der Waals surface area contributed by atoms with Crippen LogP contribution >= 0.6 is 28.3 Å². The number of hydrogen-bond acceptors (Lipinski definition) is 2. The van der Waals surface area contributed by atoms with E-state index in [1.807, 2.05) is 0 Å². The Bertz CT molecular complexity index is 429. The van der Waals surface area contributed by atoms with E-state index >= 15 is 0 Å². The van der Waals surface area contributed by atoms with Crippen molar-refractivity contribution >= 4 is 28.3 Å². The molecule has 1 heterocycles. The van der Waals surface area contributed by atoms with E-state index in [-0.39, 0.29) is 31.1 Å². The highest BCUT2D eigenvalue weighted by Gasteiger charge is 2.45. The van der Waals surface area contributed by atoms with E-state index in [0.29, 0.717) is 17.6 Å². The highest BCUT2D eigenvalue weighted by Crippen LogP contribution is 2.38. The predicted octanol–water partition coefficient (Wildman–Crippen LogP) is 3.52. The van der Waals surface area contributed by atoms with Crippen LogP contribution in [0.5, 0.6) is 0 Å². The average molecular weight is 378 g/mol. The highest BCUT2D eigenvalue weighted by molar-refractivity contribution is 9.10. The van der Waals surface area contributed by atoms with E-state index in [2.05, 4.69) is 21.2 Å². The van der Waals surface area contributed by atoms with E-state index < -0.39 is 18.0 Å². The Morgan fingerprint density at radius 1 is 1.15 bits per heavy atom. The first-order chi connectivity index (χ1) is 8.88. The first-order valence-electron chi connectivity index (χ1n) is 5.85. The molecule has 2 rings (SSSR count). The van der Waals surface area contributed by atoms with Crippen molar-refractivity contribution in [1.82, 2.24) is 10.2 Å². The van der Waals surface area contributed by atoms with Gasteiger partial charge >= 0.3 is 6.18 Å². The molecule has 0 amide bonds. The molecule has 8 heteroatoms. The Balaban J connectivity index is 0.00000200. The van der Waals surface area contributed by atoms with Crippen LogP contribution in [0.3, 0.4) is 0 Å². The van der Waals surface area contributed by atoms with Crippen LogP contribution < -0.4 is 5.32 Å². The van der Waals surface area contributed by atoms with Gasteiger partial charge in [0.2, 0.25) is 0 Å². The Labute approximate surface area is 129 Å². The smallest absolute Gasteiger partial charge is 0.314 e. The van der Waals surface area contributed by atoms with Crippen LogP contribution in [0, 0.1) is 5.82 Å². The molecular weight excluding hydrogens is 363 g/mol. The molecule has 0 aliphatic carbocycles. The topological polar surface area (TPSA) is 15.3 Å². The monoisotopic (exact) mass is 376 g/mol. The summed E-state index contributed by atoms with van der Waals surface area (Å²) < 4.78 is 53.4. The lowest BCUT2D eigenvalue weighted by Gasteiger charge is -2.36. The third-order valence-corrected chi connectivity index (χ3v) is 3.49. The fourth-order valence-electron chi connectivity index (χ4n) is 2.28. The van der Waals surface area contributed by atoms with Crippen LogP contribution in [-0.2, 0) is 0 Å². The number of piperazine rings is 1. The molecule has 0 bridgehead atoms. The number of rotatable bonds is 2. The zero-order valence-corrected chi connectivity index (χ0v) is 12.8. The van der Waals surface area contributed by atoms with Crippen molar-refractivity contribution < 1.29 is 17.6 Å². The molecule has 0 aromatic heterocycles. The second-order valence-electron chi connectivity index (χ2n) is 4.43. The van der Waals surface area contributed by atoms with E-state index in [9.17, 15) is 17.6 Å². The predicted molar refractivity (Wildman–Crippen MR) is 74.6 cm³/mol. The van der Waals surface area contributed by atoms with E-state index in [1.165, 1.54) is 11.0 Å². The summed E-state index contributed by atoms with van der Waals surface area (Å²) in [6, 6.07) is 1.66. The van der Waals surface area contributed by atoms with Gasteiger partial charge in [-0.2, -0.15) is 13.2 Å². The van der Waals surface area contributed by atoms with Crippen LogP contribution in [0.1, 0.15) is 11.6 Å². The molecular formula is C12H14BrClF4N2. The Morgan fingerprint density at radius 2 is 1.75 bits per heavy atom. The van der Waals surface area contributed by atoms with Gasteiger partial charge in [0.25, 0.3) is 0 Å². The number of hydrogen-bond donors (Lipinski definition) is 1. The van der Waals surface area contributed by atoms with Crippen molar-refractivity contribution in [1.29, 1.82) is 0 Å². The first kappa shape index (κ1) is 17.7. The van der Waals surface area contributed by atoms with Gasteiger partial charge in [-0.25, -0.2) is 4.39 Å². The minimum atomic E-state index is -4.43. The van der Waals surface area contributed by atoms with Crippen molar-refractivity contribution in [2.45, 2.75) is 12.2 Å². The van der Waals surface area contributed by atoms with Crippen LogP contribution in [-0.4, -0.2) is 37.3 Å². The maximum Gasteiger partial charge on any atom is 0.408 e. The lowest BCUT2D eigenvalue weighted by molar-refractivity contribution is -0.187. The molecule has 1 aromatic rings. The lowest BCUT2D eigenvalue weighted by atomic mass is 10.0. The molecule has 0 spiro atoms. The second-order valence-corrected chi connectivity index (χ2v) is 5.35. The lowest BCUT2D eigenvalue weighted by Crippen LogP contribution is -2.49. The molecule has 1 aliphatic heterocycles. The summed E-state index contributed by atoms with van der Waals surface area (Å²) in [5.74, 6) is -0.672. The normalized spacial score (nSPS) is 18.4. The standard InChI is InChI=1S/C12H13BrF4N2.ClH/c13-9-5-8(6-10(14)7-9)11(12(15,16)17)19-3-1-18-2-4-19;/h5-7,11,18H,1-4H2;1H/t11-;/m1./s1. The molecule has 1 atom stereocenters. The van der Waals surface area contributed by atoms with Gasteiger partial charge in [0, 0.05) is 30.7 Å². The third-order valence-electron chi connectivity index (χ3n) is 3.03. The van der Waals surface area contributed by atoms with Gasteiger partial charge in [-0.1, -0.05) is 15.9 Å². The highest BCUT2D eigenvalue weighted by atomic mass is 79.9. The third kappa shape index (κ3) is 4.31. The number of benzene rings is 1. The number of alkyl halides is 3. The molecule has 1 aliphatic rings. The molecule has 114 valence electrons. The Hall–Kier alpha value is -0.370. The molecule has 20 heavy (non-hydrogen) atoms. The molecule has 1 N–H and O–H groups in total. The zero-order valence-electron chi connectivity index (χ0n) is 10.4. The number of halogens is 6. The summed E-state index contributed by atoms with van der Waals surface area (Å²) in [5, 5.41) is 3.00. The van der Waals surface area contributed by atoms with Crippen LogP contribution in [0.2, 0.25) is 0 Å². The largest absolute Gasteiger partial charge is 0.408 e. The van der Waals surface area contributed by atoms with Crippen molar-refractivity contribution in [2.75, 3.05) is 26.2 Å². The molecule has 1 saturated heterocycles. The van der Waals surface area contributed by atoms with Gasteiger partial charge in [-0.3, -0.25) is 4.90 Å². The van der Waals surface area contributed by atoms with Crippen LogP contribution in [0.15, 0.2) is 22.7 Å². The van der Waals surface area contributed by atoms with Gasteiger partial charge in [-0.15, -0.1) is 12.4 Å². The van der Waals surface area contributed by atoms with Gasteiger partial charge < -0.3 is 5.32 Å². The molecule has 0 unspecified atom stereocenters. The minimum absolute atomic E-state index is 0. The fraction of sp³-hybridized carbons (Fsp3) is 0.500. The quantitative estimate of drug-likeness (QED) is 0.794. The summed E-state index contributed by atoms with van der Waals surface area (Å²) in [6.45, 7) is 1.59. The van der Waals surface area contributed by atoms with Gasteiger partial charge in [-0.05, 0) is 23.8 Å². The van der Waals surface area contributed by atoms with Crippen LogP contribution in [0.4, 0.5) is 17.6 Å². The summed E-state index contributed by atoms with van der Waals surface area (Å²) in [5.41, 5.74) is -0.0683. The van der Waals surface area contributed by atoms with Gasteiger partial charge in [0.15, 0.2) is 0 Å². The SMILES string of the molecule is Cl.Fc1cc(Br)cc([C@@H](N2CCNCC2)C(F)(F)F)c1. The molecule has 0 saturated carbocycles. The van der Waals surface area contributed by atoms with Gasteiger partial charge in [0.1, 0.15) is 11.9 Å². The number of nitrogens with zero attached hydrogens (tertiary/aromatic N) is 1. The van der Waals surface area contributed by atoms with Gasteiger partial charge in [0.05, 0.1) is 0 Å². The second kappa shape index (κ2) is 7.06. The summed E-state index contributed by atoms with van der Waals surface area (Å²) in [7, 11) is 0. The zero-order chi connectivity index (χ0) is 14.0. The summed E-state index contributed by atoms with van der Waals surface area (Å²) >= 11 is 3.03. The number of nitrogens with one attached hydrogen (secondary N) is 1. The maximum absolute atomic E-state index is 13.3. The molecule has 1 fully saturated rings. The minimum Gasteiger partial charge on any atom is -0.314 e. The Kier molecular flexibility index (Phi) is 6.25. The van der Waals surface area contributed by atoms with Crippen molar-refractivity contribution in [3.8, 4) is 0 Å². The van der Waals surface area contributed by atoms with E-state index in [0.717, 1.165) is 12.1 Å². The molecule has 1 aromatic carbocycles. The van der Waals surface area contributed by atoms with Crippen molar-refractivity contribution in [3.63, 3.8) is 0 Å². The van der Waals surface area contributed by atoms with Crippen molar-refractivity contribution in [2.24, 2.45) is 0 Å². The maximum atomic E-state index is 13.3. The molecule has 2 nitrogen and oxygen atoms in total. The van der Waals surface area contributed by atoms with E-state index in [4.69, 9.17) is 0 Å². The van der Waals surface area contributed by atoms with Crippen molar-refractivity contribution in [3.05, 3.63) is 34.1 Å². The van der Waals surface area contributed by atoms with Crippen LogP contribution in [0.25, 0.3) is 0 Å². The first-order valence-corrected chi connectivity index (χ1v) is 6.65. The van der Waals surface area contributed by atoms with E-state index in [1.54, 1.807) is 0 Å². The molecule has 0 radical (unpaired) electrons. The Morgan fingerprint density at radius 3 is 2.25 bits per heavy atom.